The summed E-state index contributed by atoms with van der Waals surface area (Å²) in [6.45, 7) is 2.05. The van der Waals surface area contributed by atoms with Crippen molar-refractivity contribution >= 4 is 29.1 Å². The van der Waals surface area contributed by atoms with Crippen LogP contribution in [0.2, 0.25) is 0 Å². The highest BCUT2D eigenvalue weighted by molar-refractivity contribution is 7.99. The van der Waals surface area contributed by atoms with E-state index in [4.69, 9.17) is 10.5 Å². The van der Waals surface area contributed by atoms with Crippen LogP contribution in [-0.4, -0.2) is 12.2 Å². The van der Waals surface area contributed by atoms with Crippen LogP contribution in [0.1, 0.15) is 45.0 Å². The van der Waals surface area contributed by atoms with E-state index in [1.807, 2.05) is 11.4 Å². The summed E-state index contributed by atoms with van der Waals surface area (Å²) in [6.07, 6.45) is -4.19. The van der Waals surface area contributed by atoms with Crippen molar-refractivity contribution in [2.75, 3.05) is 0 Å². The third kappa shape index (κ3) is 6.35. The molecule has 0 bridgehead atoms. The molecule has 2 atom stereocenters. The summed E-state index contributed by atoms with van der Waals surface area (Å²) < 4.78 is 44.3. The van der Waals surface area contributed by atoms with Crippen molar-refractivity contribution in [3.63, 3.8) is 0 Å². The molecule has 2 N–H and O–H groups in total. The van der Waals surface area contributed by atoms with Gasteiger partial charge in [0, 0.05) is 21.4 Å². The van der Waals surface area contributed by atoms with E-state index in [-0.39, 0.29) is 11.7 Å². The van der Waals surface area contributed by atoms with E-state index >= 15 is 0 Å². The van der Waals surface area contributed by atoms with Gasteiger partial charge < -0.3 is 4.74 Å². The van der Waals surface area contributed by atoms with Crippen molar-refractivity contribution in [1.29, 1.82) is 0 Å². The van der Waals surface area contributed by atoms with Gasteiger partial charge in [-0.25, -0.2) is 4.79 Å². The van der Waals surface area contributed by atoms with Crippen LogP contribution >= 0.6 is 23.1 Å². The number of nitrogens with two attached hydrogens (primary N) is 1. The van der Waals surface area contributed by atoms with Gasteiger partial charge in [-0.3, -0.25) is 5.73 Å². The van der Waals surface area contributed by atoms with Gasteiger partial charge in [0.25, 0.3) is 0 Å². The van der Waals surface area contributed by atoms with Crippen LogP contribution in [-0.2, 0) is 17.3 Å². The number of halogens is 3. The van der Waals surface area contributed by atoms with Crippen molar-refractivity contribution in [3.05, 3.63) is 87.6 Å². The number of rotatable bonds is 8. The maximum Gasteiger partial charge on any atom is 0.416 e. The number of benzene rings is 2. The maximum absolute atomic E-state index is 13.0. The molecule has 3 nitrogen and oxygen atoms in total. The van der Waals surface area contributed by atoms with Crippen LogP contribution in [0.5, 0.6) is 0 Å². The molecule has 0 aliphatic heterocycles. The van der Waals surface area contributed by atoms with Gasteiger partial charge in [-0.1, -0.05) is 37.3 Å². The first-order valence-electron chi connectivity index (χ1n) is 9.69. The normalized spacial score (nSPS) is 13.6. The van der Waals surface area contributed by atoms with Crippen molar-refractivity contribution in [2.24, 2.45) is 5.73 Å². The Balaban J connectivity index is 1.79. The number of carbonyl (C=O) groups is 1. The molecule has 0 amide bonds. The van der Waals surface area contributed by atoms with E-state index in [2.05, 4.69) is 6.92 Å². The second-order valence-electron chi connectivity index (χ2n) is 6.83. The van der Waals surface area contributed by atoms with Crippen LogP contribution in [0.4, 0.5) is 13.2 Å². The Morgan fingerprint density at radius 2 is 1.77 bits per heavy atom. The van der Waals surface area contributed by atoms with Crippen molar-refractivity contribution < 1.29 is 22.7 Å². The minimum absolute atomic E-state index is 0.258. The monoisotopic (exact) mass is 465 g/mol. The van der Waals surface area contributed by atoms with Crippen molar-refractivity contribution in [2.45, 2.75) is 42.3 Å². The molecular formula is C23H22F3NO2S2. The zero-order chi connectivity index (χ0) is 22.4. The fraction of sp³-hybridized carbons (Fsp3) is 0.261. The first-order chi connectivity index (χ1) is 14.8. The summed E-state index contributed by atoms with van der Waals surface area (Å²) in [4.78, 5) is 14.6. The van der Waals surface area contributed by atoms with Gasteiger partial charge in [0.15, 0.2) is 6.23 Å². The number of thiophene rings is 1. The maximum atomic E-state index is 13.0. The number of esters is 1. The summed E-state index contributed by atoms with van der Waals surface area (Å²) >= 11 is 3.16. The highest BCUT2D eigenvalue weighted by Gasteiger charge is 2.30. The van der Waals surface area contributed by atoms with E-state index in [0.29, 0.717) is 11.1 Å². The van der Waals surface area contributed by atoms with Gasteiger partial charge >= 0.3 is 12.1 Å². The van der Waals surface area contributed by atoms with Crippen LogP contribution < -0.4 is 5.73 Å². The van der Waals surface area contributed by atoms with Crippen molar-refractivity contribution in [1.82, 2.24) is 0 Å². The molecule has 3 aromatic rings. The first kappa shape index (κ1) is 23.4. The molecule has 1 aromatic heterocycles. The number of alkyl halides is 3. The molecule has 3 rings (SSSR count). The van der Waals surface area contributed by atoms with E-state index in [9.17, 15) is 18.0 Å². The summed E-state index contributed by atoms with van der Waals surface area (Å²) in [7, 11) is 0. The molecule has 0 saturated heterocycles. The SMILES string of the molecule is CCc1sccc1SC(CC(N)OC(=O)c1ccccc1)c1ccc(C(F)(F)F)cc1. The van der Waals surface area contributed by atoms with Gasteiger partial charge in [0.2, 0.25) is 0 Å². The summed E-state index contributed by atoms with van der Waals surface area (Å²) in [5.41, 5.74) is 6.49. The minimum atomic E-state index is -4.40. The summed E-state index contributed by atoms with van der Waals surface area (Å²) in [5.74, 6) is -0.533. The zero-order valence-electron chi connectivity index (χ0n) is 16.8. The van der Waals surface area contributed by atoms with E-state index in [0.717, 1.165) is 23.4 Å². The van der Waals surface area contributed by atoms with E-state index in [1.54, 1.807) is 41.7 Å². The predicted molar refractivity (Wildman–Crippen MR) is 118 cm³/mol. The average Bonchev–Trinajstić information content (AvgIpc) is 3.20. The van der Waals surface area contributed by atoms with Crippen LogP contribution in [0.15, 0.2) is 70.9 Å². The number of carbonyl (C=O) groups excluding carboxylic acids is 1. The van der Waals surface area contributed by atoms with E-state index in [1.165, 1.54) is 28.8 Å². The molecule has 164 valence electrons. The molecule has 0 aliphatic carbocycles. The standard InChI is InChI=1S/C23H22F3NO2S2/c1-2-18-19(12-13-30-18)31-20(15-8-10-17(11-9-15)23(24,25)26)14-21(27)29-22(28)16-6-4-3-5-7-16/h3-13,20-21H,2,14,27H2,1H3. The second kappa shape index (κ2) is 10.3. The molecule has 2 aromatic carbocycles. The highest BCUT2D eigenvalue weighted by Crippen LogP contribution is 2.42. The van der Waals surface area contributed by atoms with E-state index < -0.39 is 23.9 Å². The predicted octanol–water partition coefficient (Wildman–Crippen LogP) is 6.69. The lowest BCUT2D eigenvalue weighted by Gasteiger charge is -2.22. The molecule has 0 radical (unpaired) electrons. The number of aryl methyl sites for hydroxylation is 1. The molecule has 31 heavy (non-hydrogen) atoms. The lowest BCUT2D eigenvalue weighted by molar-refractivity contribution is -0.137. The Hall–Kier alpha value is -2.29. The van der Waals surface area contributed by atoms with Gasteiger partial charge in [-0.05, 0) is 47.7 Å². The van der Waals surface area contributed by atoms with Crippen LogP contribution in [0, 0.1) is 0 Å². The molecule has 0 saturated carbocycles. The lowest BCUT2D eigenvalue weighted by atomic mass is 10.1. The molecular weight excluding hydrogens is 443 g/mol. The minimum Gasteiger partial charge on any atom is -0.443 e. The van der Waals surface area contributed by atoms with Crippen LogP contribution in [0.25, 0.3) is 0 Å². The van der Waals surface area contributed by atoms with Crippen LogP contribution in [0.3, 0.4) is 0 Å². The van der Waals surface area contributed by atoms with Gasteiger partial charge in [-0.2, -0.15) is 13.2 Å². The number of hydrogen-bond donors (Lipinski definition) is 1. The Labute approximate surface area is 187 Å². The number of thioether (sulfide) groups is 1. The van der Waals surface area contributed by atoms with Gasteiger partial charge in [-0.15, -0.1) is 23.1 Å². The fourth-order valence-electron chi connectivity index (χ4n) is 3.02. The Morgan fingerprint density at radius 1 is 1.10 bits per heavy atom. The first-order valence-corrected chi connectivity index (χ1v) is 11.5. The quantitative estimate of drug-likeness (QED) is 0.229. The summed E-state index contributed by atoms with van der Waals surface area (Å²) in [6, 6.07) is 15.6. The average molecular weight is 466 g/mol. The largest absolute Gasteiger partial charge is 0.443 e. The molecule has 0 fully saturated rings. The lowest BCUT2D eigenvalue weighted by Crippen LogP contribution is -2.28. The molecule has 2 unspecified atom stereocenters. The highest BCUT2D eigenvalue weighted by atomic mass is 32.2. The van der Waals surface area contributed by atoms with Gasteiger partial charge in [0.05, 0.1) is 11.1 Å². The molecule has 8 heteroatoms. The van der Waals surface area contributed by atoms with Crippen molar-refractivity contribution in [3.8, 4) is 0 Å². The molecule has 0 spiro atoms. The number of hydrogen-bond acceptors (Lipinski definition) is 5. The fourth-order valence-corrected chi connectivity index (χ4v) is 5.42. The third-order valence-corrected chi connectivity index (χ3v) is 7.20. The number of ether oxygens (including phenoxy) is 1. The van der Waals surface area contributed by atoms with Gasteiger partial charge in [0.1, 0.15) is 0 Å². The topological polar surface area (TPSA) is 52.3 Å². The Bertz CT molecular complexity index is 988. The summed E-state index contributed by atoms with van der Waals surface area (Å²) in [5, 5.41) is 1.71. The molecule has 1 heterocycles. The second-order valence-corrected chi connectivity index (χ2v) is 9.08. The smallest absolute Gasteiger partial charge is 0.416 e. The Kier molecular flexibility index (Phi) is 7.80. The molecule has 0 aliphatic rings. The third-order valence-electron chi connectivity index (χ3n) is 4.62. The Morgan fingerprint density at radius 3 is 2.39 bits per heavy atom. The zero-order valence-corrected chi connectivity index (χ0v) is 18.4.